The summed E-state index contributed by atoms with van der Waals surface area (Å²) in [5.74, 6) is -0.113. The molecule has 0 aromatic heterocycles. The summed E-state index contributed by atoms with van der Waals surface area (Å²) in [5.41, 5.74) is 2.74. The molecule has 3 amide bonds. The van der Waals surface area contributed by atoms with Gasteiger partial charge in [-0.1, -0.05) is 37.3 Å². The van der Waals surface area contributed by atoms with Crippen molar-refractivity contribution in [2.75, 3.05) is 19.6 Å². The van der Waals surface area contributed by atoms with Gasteiger partial charge in [-0.15, -0.1) is 0 Å². The van der Waals surface area contributed by atoms with Gasteiger partial charge in [0.1, 0.15) is 17.9 Å². The number of fused-ring (bicyclic) bond motifs is 1. The Balaban J connectivity index is 1.28. The van der Waals surface area contributed by atoms with Crippen LogP contribution in [-0.2, 0) is 22.7 Å². The van der Waals surface area contributed by atoms with Crippen LogP contribution >= 0.6 is 0 Å². The maximum atomic E-state index is 13.0. The average molecular weight is 477 g/mol. The summed E-state index contributed by atoms with van der Waals surface area (Å²) in [6.07, 6.45) is 1.58. The molecule has 2 saturated heterocycles. The van der Waals surface area contributed by atoms with Gasteiger partial charge in [0.2, 0.25) is 11.8 Å². The maximum Gasteiger partial charge on any atom is 0.255 e. The minimum Gasteiger partial charge on any atom is -0.487 e. The SMILES string of the molecule is CCNC1CCN(Cc2ccccc2)CC1Oc1ccc2c(c1)CN(C1CCC(=O)NC1=O)C2=O. The van der Waals surface area contributed by atoms with Crippen molar-refractivity contribution in [3.63, 3.8) is 0 Å². The monoisotopic (exact) mass is 476 g/mol. The van der Waals surface area contributed by atoms with Gasteiger partial charge < -0.3 is 15.0 Å². The summed E-state index contributed by atoms with van der Waals surface area (Å²) >= 11 is 0. The highest BCUT2D eigenvalue weighted by Crippen LogP contribution is 2.31. The van der Waals surface area contributed by atoms with Crippen LogP contribution in [0.5, 0.6) is 5.75 Å². The molecule has 35 heavy (non-hydrogen) atoms. The molecule has 8 heteroatoms. The van der Waals surface area contributed by atoms with E-state index < -0.39 is 11.9 Å². The minimum absolute atomic E-state index is 0.0196. The van der Waals surface area contributed by atoms with Crippen molar-refractivity contribution in [2.24, 2.45) is 0 Å². The lowest BCUT2D eigenvalue weighted by Crippen LogP contribution is -2.54. The number of benzene rings is 2. The van der Waals surface area contributed by atoms with E-state index in [2.05, 4.69) is 46.7 Å². The van der Waals surface area contributed by atoms with E-state index in [1.165, 1.54) is 5.56 Å². The number of rotatable bonds is 7. The molecule has 0 aliphatic carbocycles. The van der Waals surface area contributed by atoms with Crippen LogP contribution in [0.25, 0.3) is 0 Å². The Kier molecular flexibility index (Phi) is 6.83. The zero-order valence-corrected chi connectivity index (χ0v) is 20.0. The van der Waals surface area contributed by atoms with Crippen LogP contribution in [0.15, 0.2) is 48.5 Å². The van der Waals surface area contributed by atoms with E-state index in [-0.39, 0.29) is 30.4 Å². The summed E-state index contributed by atoms with van der Waals surface area (Å²) in [6, 6.07) is 15.7. The predicted molar refractivity (Wildman–Crippen MR) is 131 cm³/mol. The van der Waals surface area contributed by atoms with Gasteiger partial charge in [0.05, 0.1) is 0 Å². The Morgan fingerprint density at radius 1 is 1.09 bits per heavy atom. The van der Waals surface area contributed by atoms with Gasteiger partial charge in [-0.25, -0.2) is 0 Å². The molecule has 2 aromatic carbocycles. The number of likely N-dealkylation sites (tertiary alicyclic amines) is 1. The average Bonchev–Trinajstić information content (AvgIpc) is 3.17. The van der Waals surface area contributed by atoms with Gasteiger partial charge in [-0.3, -0.25) is 24.6 Å². The van der Waals surface area contributed by atoms with Crippen LogP contribution < -0.4 is 15.4 Å². The molecular formula is C27H32N4O4. The fraction of sp³-hybridized carbons (Fsp3) is 0.444. The first-order valence-corrected chi connectivity index (χ1v) is 12.5. The Hall–Kier alpha value is -3.23. The van der Waals surface area contributed by atoms with Crippen molar-refractivity contribution in [3.05, 3.63) is 65.2 Å². The molecule has 3 aliphatic heterocycles. The molecule has 8 nitrogen and oxygen atoms in total. The normalized spacial score (nSPS) is 24.9. The van der Waals surface area contributed by atoms with E-state index in [1.54, 1.807) is 11.0 Å². The quantitative estimate of drug-likeness (QED) is 0.595. The molecule has 2 fully saturated rings. The lowest BCUT2D eigenvalue weighted by atomic mass is 10.0. The smallest absolute Gasteiger partial charge is 0.255 e. The molecule has 2 N–H and O–H groups in total. The molecule has 0 saturated carbocycles. The number of ether oxygens (including phenoxy) is 1. The lowest BCUT2D eigenvalue weighted by Gasteiger charge is -2.39. The molecule has 0 radical (unpaired) electrons. The van der Waals surface area contributed by atoms with Crippen LogP contribution in [0.2, 0.25) is 0 Å². The minimum atomic E-state index is -0.611. The zero-order chi connectivity index (χ0) is 24.4. The fourth-order valence-electron chi connectivity index (χ4n) is 5.38. The summed E-state index contributed by atoms with van der Waals surface area (Å²) in [5, 5.41) is 5.92. The van der Waals surface area contributed by atoms with Crippen LogP contribution in [0.4, 0.5) is 0 Å². The second-order valence-electron chi connectivity index (χ2n) is 9.55. The standard InChI is InChI=1S/C27H32N4O4/c1-2-28-22-12-13-30(15-18-6-4-3-5-7-18)17-24(22)35-20-8-9-21-19(14-20)16-31(27(21)34)23-10-11-25(32)29-26(23)33/h3-9,14,22-24,28H,2,10-13,15-17H2,1H3,(H,29,32,33). The highest BCUT2D eigenvalue weighted by atomic mass is 16.5. The third-order valence-electron chi connectivity index (χ3n) is 7.14. The van der Waals surface area contributed by atoms with Gasteiger partial charge in [-0.2, -0.15) is 0 Å². The number of imide groups is 1. The number of hydrogen-bond acceptors (Lipinski definition) is 6. The fourth-order valence-corrected chi connectivity index (χ4v) is 5.38. The number of nitrogens with zero attached hydrogens (tertiary/aromatic N) is 2. The largest absolute Gasteiger partial charge is 0.487 e. The van der Waals surface area contributed by atoms with Crippen molar-refractivity contribution in [2.45, 2.75) is 57.5 Å². The second kappa shape index (κ2) is 10.2. The molecule has 0 spiro atoms. The van der Waals surface area contributed by atoms with Gasteiger partial charge in [-0.05, 0) is 48.7 Å². The molecule has 3 heterocycles. The van der Waals surface area contributed by atoms with Gasteiger partial charge in [0, 0.05) is 44.2 Å². The number of carbonyl (C=O) groups is 3. The Bertz CT molecular complexity index is 1110. The first-order valence-electron chi connectivity index (χ1n) is 12.5. The summed E-state index contributed by atoms with van der Waals surface area (Å²) in [4.78, 5) is 40.8. The maximum absolute atomic E-state index is 13.0. The van der Waals surface area contributed by atoms with Crippen molar-refractivity contribution >= 4 is 17.7 Å². The van der Waals surface area contributed by atoms with Gasteiger partial charge in [0.25, 0.3) is 5.91 Å². The predicted octanol–water partition coefficient (Wildman–Crippen LogP) is 2.08. The number of amides is 3. The lowest BCUT2D eigenvalue weighted by molar-refractivity contribution is -0.136. The Morgan fingerprint density at radius 2 is 1.91 bits per heavy atom. The number of carbonyl (C=O) groups excluding carboxylic acids is 3. The second-order valence-corrected chi connectivity index (χ2v) is 9.55. The van der Waals surface area contributed by atoms with Crippen LogP contribution in [0.1, 0.15) is 47.7 Å². The first kappa shape index (κ1) is 23.5. The van der Waals surface area contributed by atoms with Crippen molar-refractivity contribution in [1.29, 1.82) is 0 Å². The summed E-state index contributed by atoms with van der Waals surface area (Å²) in [6.45, 7) is 6.04. The number of likely N-dealkylation sites (N-methyl/N-ethyl adjacent to an activating group) is 1. The number of piperidine rings is 2. The third-order valence-corrected chi connectivity index (χ3v) is 7.14. The molecule has 3 unspecified atom stereocenters. The molecule has 184 valence electrons. The van der Waals surface area contributed by atoms with E-state index >= 15 is 0 Å². The molecule has 2 aromatic rings. The van der Waals surface area contributed by atoms with Crippen molar-refractivity contribution < 1.29 is 19.1 Å². The van der Waals surface area contributed by atoms with E-state index in [0.29, 0.717) is 18.5 Å². The summed E-state index contributed by atoms with van der Waals surface area (Å²) < 4.78 is 6.51. The van der Waals surface area contributed by atoms with E-state index in [9.17, 15) is 14.4 Å². The van der Waals surface area contributed by atoms with Crippen molar-refractivity contribution in [1.82, 2.24) is 20.4 Å². The zero-order valence-electron chi connectivity index (χ0n) is 20.0. The molecule has 5 rings (SSSR count). The van der Waals surface area contributed by atoms with E-state index in [1.807, 2.05) is 18.2 Å². The van der Waals surface area contributed by atoms with Crippen molar-refractivity contribution in [3.8, 4) is 5.75 Å². The topological polar surface area (TPSA) is 91.0 Å². The molecule has 0 bridgehead atoms. The number of nitrogens with one attached hydrogen (secondary N) is 2. The summed E-state index contributed by atoms with van der Waals surface area (Å²) in [7, 11) is 0. The van der Waals surface area contributed by atoms with Crippen LogP contribution in [-0.4, -0.2) is 65.3 Å². The number of hydrogen-bond donors (Lipinski definition) is 2. The molecule has 3 atom stereocenters. The highest BCUT2D eigenvalue weighted by Gasteiger charge is 2.39. The van der Waals surface area contributed by atoms with E-state index in [4.69, 9.17) is 4.74 Å². The Labute approximate surface area is 205 Å². The van der Waals surface area contributed by atoms with E-state index in [0.717, 1.165) is 43.9 Å². The first-order chi connectivity index (χ1) is 17.0. The highest BCUT2D eigenvalue weighted by molar-refractivity contribution is 6.05. The molecule has 3 aliphatic rings. The van der Waals surface area contributed by atoms with Crippen LogP contribution in [0.3, 0.4) is 0 Å². The third kappa shape index (κ3) is 5.09. The Morgan fingerprint density at radius 3 is 2.69 bits per heavy atom. The molecular weight excluding hydrogens is 444 g/mol. The van der Waals surface area contributed by atoms with Crippen LogP contribution in [0, 0.1) is 0 Å². The van der Waals surface area contributed by atoms with Gasteiger partial charge in [0.15, 0.2) is 0 Å². The van der Waals surface area contributed by atoms with Gasteiger partial charge >= 0.3 is 0 Å².